The highest BCUT2D eigenvalue weighted by atomic mass is 16.5. The summed E-state index contributed by atoms with van der Waals surface area (Å²) in [6, 6.07) is 9.08. The molecule has 3 aromatic rings. The summed E-state index contributed by atoms with van der Waals surface area (Å²) >= 11 is 0. The van der Waals surface area contributed by atoms with Gasteiger partial charge in [0.15, 0.2) is 6.61 Å². The first kappa shape index (κ1) is 13.3. The highest BCUT2D eigenvalue weighted by Gasteiger charge is 2.16. The summed E-state index contributed by atoms with van der Waals surface area (Å²) in [5.41, 5.74) is 6.94. The van der Waals surface area contributed by atoms with Crippen molar-refractivity contribution in [3.05, 3.63) is 60.3 Å². The number of para-hydroxylation sites is 1. The molecule has 0 aliphatic rings. The highest BCUT2D eigenvalue weighted by molar-refractivity contribution is 5.21. The van der Waals surface area contributed by atoms with E-state index >= 15 is 0 Å². The molecule has 2 aromatic heterocycles. The molecule has 0 saturated carbocycles. The van der Waals surface area contributed by atoms with Crippen molar-refractivity contribution in [1.82, 2.24) is 20.1 Å². The first-order chi connectivity index (χ1) is 10.3. The van der Waals surface area contributed by atoms with Gasteiger partial charge in [0.25, 0.3) is 0 Å². The summed E-state index contributed by atoms with van der Waals surface area (Å²) in [5, 5.41) is 3.86. The minimum Gasteiger partial charge on any atom is -0.485 e. The monoisotopic (exact) mass is 285 g/mol. The van der Waals surface area contributed by atoms with Crippen LogP contribution in [0.15, 0.2) is 47.4 Å². The maximum Gasteiger partial charge on any atom is 0.244 e. The first-order valence-electron chi connectivity index (χ1n) is 6.54. The number of aromatic amines is 1. The Labute approximate surface area is 121 Å². The molecular formula is C14H15N5O2. The largest absolute Gasteiger partial charge is 0.485 e. The number of benzene rings is 1. The van der Waals surface area contributed by atoms with Crippen LogP contribution in [0.2, 0.25) is 0 Å². The molecule has 0 aliphatic heterocycles. The lowest BCUT2D eigenvalue weighted by molar-refractivity contribution is 0.283. The van der Waals surface area contributed by atoms with Gasteiger partial charge in [0.2, 0.25) is 11.7 Å². The average molecular weight is 285 g/mol. The van der Waals surface area contributed by atoms with Gasteiger partial charge < -0.3 is 20.0 Å². The highest BCUT2D eigenvalue weighted by Crippen LogP contribution is 2.14. The molecule has 3 N–H and O–H groups in total. The van der Waals surface area contributed by atoms with E-state index in [1.807, 2.05) is 30.3 Å². The van der Waals surface area contributed by atoms with E-state index in [9.17, 15) is 0 Å². The number of ether oxygens (including phenoxy) is 1. The lowest BCUT2D eigenvalue weighted by Crippen LogP contribution is -2.14. The number of hydrogen-bond acceptors (Lipinski definition) is 6. The predicted molar refractivity (Wildman–Crippen MR) is 74.3 cm³/mol. The molecule has 0 aliphatic carbocycles. The van der Waals surface area contributed by atoms with Gasteiger partial charge in [-0.05, 0) is 12.1 Å². The summed E-state index contributed by atoms with van der Waals surface area (Å²) in [7, 11) is 0. The van der Waals surface area contributed by atoms with Gasteiger partial charge in [-0.1, -0.05) is 23.4 Å². The second-order valence-corrected chi connectivity index (χ2v) is 4.54. The van der Waals surface area contributed by atoms with Crippen molar-refractivity contribution < 1.29 is 9.26 Å². The molecule has 0 amide bonds. The molecule has 0 radical (unpaired) electrons. The van der Waals surface area contributed by atoms with Crippen LogP contribution in [0, 0.1) is 0 Å². The molecule has 2 heterocycles. The molecule has 3 rings (SSSR count). The zero-order valence-electron chi connectivity index (χ0n) is 11.3. The Morgan fingerprint density at radius 3 is 2.90 bits per heavy atom. The predicted octanol–water partition coefficient (Wildman–Crippen LogP) is 1.61. The number of hydrogen-bond donors (Lipinski definition) is 2. The van der Waals surface area contributed by atoms with Crippen molar-refractivity contribution in [2.24, 2.45) is 5.73 Å². The topological polar surface area (TPSA) is 103 Å². The number of rotatable bonds is 6. The summed E-state index contributed by atoms with van der Waals surface area (Å²) in [4.78, 5) is 11.2. The minimum atomic E-state index is -0.372. The van der Waals surface area contributed by atoms with Gasteiger partial charge in [0.05, 0.1) is 12.4 Å². The van der Waals surface area contributed by atoms with E-state index in [4.69, 9.17) is 15.0 Å². The molecule has 0 bridgehead atoms. The molecule has 0 unspecified atom stereocenters. The van der Waals surface area contributed by atoms with Crippen LogP contribution in [0.3, 0.4) is 0 Å². The van der Waals surface area contributed by atoms with Crippen molar-refractivity contribution in [3.8, 4) is 5.75 Å². The molecule has 108 valence electrons. The number of imidazole rings is 1. The number of H-pyrrole nitrogens is 1. The van der Waals surface area contributed by atoms with Gasteiger partial charge in [-0.3, -0.25) is 0 Å². The molecule has 7 heteroatoms. The maximum absolute atomic E-state index is 6.02. The van der Waals surface area contributed by atoms with Crippen molar-refractivity contribution in [3.63, 3.8) is 0 Å². The lowest BCUT2D eigenvalue weighted by Gasteiger charge is -2.03. The Bertz CT molecular complexity index is 666. The van der Waals surface area contributed by atoms with E-state index in [-0.39, 0.29) is 12.6 Å². The SMILES string of the molecule is N[C@H](Cc1cnc[nH]1)c1nc(COc2ccccc2)no1. The van der Waals surface area contributed by atoms with Gasteiger partial charge >= 0.3 is 0 Å². The number of nitrogens with zero attached hydrogens (tertiary/aromatic N) is 3. The van der Waals surface area contributed by atoms with Gasteiger partial charge in [-0.25, -0.2) is 4.98 Å². The fourth-order valence-corrected chi connectivity index (χ4v) is 1.86. The Hall–Kier alpha value is -2.67. The molecule has 1 atom stereocenters. The van der Waals surface area contributed by atoms with Gasteiger partial charge in [-0.2, -0.15) is 4.98 Å². The second kappa shape index (κ2) is 6.19. The third-order valence-electron chi connectivity index (χ3n) is 2.91. The molecule has 0 spiro atoms. The van der Waals surface area contributed by atoms with Crippen molar-refractivity contribution >= 4 is 0 Å². The molecule has 7 nitrogen and oxygen atoms in total. The third kappa shape index (κ3) is 3.46. The average Bonchev–Trinajstić information content (AvgIpc) is 3.17. The van der Waals surface area contributed by atoms with Crippen LogP contribution >= 0.6 is 0 Å². The van der Waals surface area contributed by atoms with Crippen LogP contribution < -0.4 is 10.5 Å². The van der Waals surface area contributed by atoms with Gasteiger partial charge in [-0.15, -0.1) is 0 Å². The van der Waals surface area contributed by atoms with Gasteiger partial charge in [0.1, 0.15) is 5.75 Å². The van der Waals surface area contributed by atoms with E-state index in [0.29, 0.717) is 18.1 Å². The van der Waals surface area contributed by atoms with Crippen LogP contribution in [-0.4, -0.2) is 20.1 Å². The van der Waals surface area contributed by atoms with Crippen molar-refractivity contribution in [1.29, 1.82) is 0 Å². The summed E-state index contributed by atoms with van der Waals surface area (Å²) in [5.74, 6) is 1.61. The number of nitrogens with one attached hydrogen (secondary N) is 1. The van der Waals surface area contributed by atoms with Crippen LogP contribution in [-0.2, 0) is 13.0 Å². The van der Waals surface area contributed by atoms with Crippen LogP contribution in [0.5, 0.6) is 5.75 Å². The number of nitrogens with two attached hydrogens (primary N) is 1. The van der Waals surface area contributed by atoms with E-state index in [2.05, 4.69) is 20.1 Å². The molecule has 0 saturated heterocycles. The van der Waals surface area contributed by atoms with Crippen LogP contribution in [0.4, 0.5) is 0 Å². The van der Waals surface area contributed by atoms with E-state index in [0.717, 1.165) is 11.4 Å². The third-order valence-corrected chi connectivity index (χ3v) is 2.91. The quantitative estimate of drug-likeness (QED) is 0.713. The van der Waals surface area contributed by atoms with Crippen molar-refractivity contribution in [2.75, 3.05) is 0 Å². The molecule has 21 heavy (non-hydrogen) atoms. The summed E-state index contributed by atoms with van der Waals surface area (Å²) in [6.07, 6.45) is 3.88. The zero-order valence-corrected chi connectivity index (χ0v) is 11.3. The van der Waals surface area contributed by atoms with Gasteiger partial charge in [0, 0.05) is 18.3 Å². The zero-order chi connectivity index (χ0) is 14.5. The lowest BCUT2D eigenvalue weighted by atomic mass is 10.2. The fraction of sp³-hybridized carbons (Fsp3) is 0.214. The molecular weight excluding hydrogens is 270 g/mol. The van der Waals surface area contributed by atoms with E-state index in [1.165, 1.54) is 0 Å². The normalized spacial score (nSPS) is 12.2. The Morgan fingerprint density at radius 2 is 2.14 bits per heavy atom. The second-order valence-electron chi connectivity index (χ2n) is 4.54. The Balaban J connectivity index is 1.58. The van der Waals surface area contributed by atoms with E-state index < -0.39 is 0 Å². The Morgan fingerprint density at radius 1 is 1.29 bits per heavy atom. The fourth-order valence-electron chi connectivity index (χ4n) is 1.86. The minimum absolute atomic E-state index is 0.240. The van der Waals surface area contributed by atoms with Crippen LogP contribution in [0.1, 0.15) is 23.5 Å². The van der Waals surface area contributed by atoms with Crippen LogP contribution in [0.25, 0.3) is 0 Å². The standard InChI is InChI=1S/C14H15N5O2/c15-12(6-10-7-16-9-17-10)14-18-13(19-21-14)8-20-11-4-2-1-3-5-11/h1-5,7,9,12H,6,8,15H2,(H,16,17)/t12-/m1/s1. The molecule has 1 aromatic carbocycles. The maximum atomic E-state index is 6.02. The first-order valence-corrected chi connectivity index (χ1v) is 6.54. The number of aromatic nitrogens is 4. The Kier molecular flexibility index (Phi) is 3.92. The van der Waals surface area contributed by atoms with E-state index in [1.54, 1.807) is 12.5 Å². The summed E-state index contributed by atoms with van der Waals surface area (Å²) in [6.45, 7) is 0.240. The smallest absolute Gasteiger partial charge is 0.244 e. The molecule has 0 fully saturated rings. The van der Waals surface area contributed by atoms with Crippen molar-refractivity contribution in [2.45, 2.75) is 19.1 Å². The summed E-state index contributed by atoms with van der Waals surface area (Å²) < 4.78 is 10.7.